The van der Waals surface area contributed by atoms with E-state index in [-0.39, 0.29) is 17.9 Å². The first-order chi connectivity index (χ1) is 14.7. The van der Waals surface area contributed by atoms with Crippen LogP contribution in [0.3, 0.4) is 0 Å². The van der Waals surface area contributed by atoms with Gasteiger partial charge in [-0.2, -0.15) is 13.2 Å². The Bertz CT molecular complexity index is 1010. The summed E-state index contributed by atoms with van der Waals surface area (Å²) in [5, 5.41) is 5.88. The smallest absolute Gasteiger partial charge is 0.349 e. The molecule has 0 spiro atoms. The van der Waals surface area contributed by atoms with E-state index in [0.29, 0.717) is 31.2 Å². The summed E-state index contributed by atoms with van der Waals surface area (Å²) in [6.07, 6.45) is -0.711. The number of carbonyl (C=O) groups excluding carboxylic acids is 2. The maximum absolute atomic E-state index is 13.4. The van der Waals surface area contributed by atoms with Gasteiger partial charge in [0, 0.05) is 12.1 Å². The molecular formula is C24H25F3N2O2. The van der Waals surface area contributed by atoms with Crippen LogP contribution in [0.25, 0.3) is 0 Å². The fraction of sp³-hybridized carbons (Fsp3) is 0.417. The number of benzene rings is 2. The van der Waals surface area contributed by atoms with Crippen LogP contribution in [0.2, 0.25) is 0 Å². The lowest BCUT2D eigenvalue weighted by molar-refractivity contribution is -0.138. The van der Waals surface area contributed by atoms with Crippen LogP contribution in [-0.4, -0.2) is 11.8 Å². The lowest BCUT2D eigenvalue weighted by atomic mass is 9.77. The van der Waals surface area contributed by atoms with E-state index in [0.717, 1.165) is 41.8 Å². The van der Waals surface area contributed by atoms with E-state index in [4.69, 9.17) is 0 Å². The molecule has 4 rings (SSSR count). The molecule has 0 saturated heterocycles. The molecule has 0 aromatic heterocycles. The fourth-order valence-corrected chi connectivity index (χ4v) is 4.71. The van der Waals surface area contributed by atoms with Gasteiger partial charge in [-0.25, -0.2) is 0 Å². The highest BCUT2D eigenvalue weighted by atomic mass is 19.4. The Morgan fingerprint density at radius 2 is 1.84 bits per heavy atom. The van der Waals surface area contributed by atoms with Gasteiger partial charge in [-0.1, -0.05) is 43.2 Å². The number of anilines is 1. The highest BCUT2D eigenvalue weighted by Gasteiger charge is 2.44. The lowest BCUT2D eigenvalue weighted by Gasteiger charge is -2.31. The van der Waals surface area contributed by atoms with Gasteiger partial charge in [-0.3, -0.25) is 9.59 Å². The van der Waals surface area contributed by atoms with E-state index >= 15 is 0 Å². The Morgan fingerprint density at radius 1 is 1.10 bits per heavy atom. The number of hydrogen-bond donors (Lipinski definition) is 2. The topological polar surface area (TPSA) is 58.2 Å². The van der Waals surface area contributed by atoms with Crippen LogP contribution in [0, 0.1) is 0 Å². The summed E-state index contributed by atoms with van der Waals surface area (Å²) < 4.78 is 39.7. The van der Waals surface area contributed by atoms with Crippen molar-refractivity contribution in [3.63, 3.8) is 0 Å². The molecule has 7 heteroatoms. The number of hydrogen-bond acceptors (Lipinski definition) is 2. The van der Waals surface area contributed by atoms with Crippen molar-refractivity contribution in [1.29, 1.82) is 0 Å². The number of fused-ring (bicyclic) bond motifs is 1. The van der Waals surface area contributed by atoms with Gasteiger partial charge in [0.05, 0.1) is 17.0 Å². The summed E-state index contributed by atoms with van der Waals surface area (Å²) in [5.74, 6) is -0.242. The monoisotopic (exact) mass is 430 g/mol. The van der Waals surface area contributed by atoms with Crippen molar-refractivity contribution in [3.05, 3.63) is 64.7 Å². The minimum absolute atomic E-state index is 0.00846. The molecule has 1 heterocycles. The molecule has 1 atom stereocenters. The van der Waals surface area contributed by atoms with Crippen molar-refractivity contribution in [3.8, 4) is 0 Å². The number of rotatable bonds is 4. The van der Waals surface area contributed by atoms with Crippen molar-refractivity contribution >= 4 is 17.5 Å². The molecular weight excluding hydrogens is 405 g/mol. The SMILES string of the molecule is CC(NC(=O)C1(c2cccc(C(F)(F)F)c2)CCCC1)c1ccc2c(c1)CCC(=O)N2. The van der Waals surface area contributed by atoms with Crippen LogP contribution in [-0.2, 0) is 27.6 Å². The van der Waals surface area contributed by atoms with E-state index in [2.05, 4.69) is 10.6 Å². The number of amides is 2. The van der Waals surface area contributed by atoms with Crippen molar-refractivity contribution in [2.45, 2.75) is 63.1 Å². The normalized spacial score (nSPS) is 18.8. The van der Waals surface area contributed by atoms with E-state index in [1.807, 2.05) is 25.1 Å². The van der Waals surface area contributed by atoms with E-state index < -0.39 is 17.2 Å². The zero-order valence-electron chi connectivity index (χ0n) is 17.3. The quantitative estimate of drug-likeness (QED) is 0.694. The summed E-state index contributed by atoms with van der Waals surface area (Å²) in [5.41, 5.74) is 1.46. The summed E-state index contributed by atoms with van der Waals surface area (Å²) in [7, 11) is 0. The van der Waals surface area contributed by atoms with Crippen LogP contribution in [0.5, 0.6) is 0 Å². The minimum atomic E-state index is -4.45. The maximum atomic E-state index is 13.4. The van der Waals surface area contributed by atoms with E-state index in [1.54, 1.807) is 6.07 Å². The molecule has 1 unspecified atom stereocenters. The largest absolute Gasteiger partial charge is 0.416 e. The maximum Gasteiger partial charge on any atom is 0.416 e. The predicted octanol–water partition coefficient (Wildman–Crippen LogP) is 5.28. The number of aryl methyl sites for hydroxylation is 1. The summed E-state index contributed by atoms with van der Waals surface area (Å²) in [6, 6.07) is 10.5. The fourth-order valence-electron chi connectivity index (χ4n) is 4.71. The molecule has 2 aromatic carbocycles. The van der Waals surface area contributed by atoms with Crippen LogP contribution >= 0.6 is 0 Å². The third-order valence-electron chi connectivity index (χ3n) is 6.51. The van der Waals surface area contributed by atoms with Crippen molar-refractivity contribution in [2.75, 3.05) is 5.32 Å². The highest BCUT2D eigenvalue weighted by molar-refractivity contribution is 5.94. The molecule has 0 bridgehead atoms. The van der Waals surface area contributed by atoms with Crippen molar-refractivity contribution in [1.82, 2.24) is 5.32 Å². The second-order valence-electron chi connectivity index (χ2n) is 8.53. The minimum Gasteiger partial charge on any atom is -0.349 e. The molecule has 31 heavy (non-hydrogen) atoms. The summed E-state index contributed by atoms with van der Waals surface area (Å²) >= 11 is 0. The molecule has 1 aliphatic carbocycles. The molecule has 2 amide bonds. The average Bonchev–Trinajstić information content (AvgIpc) is 3.24. The first kappa shape index (κ1) is 21.4. The average molecular weight is 430 g/mol. The Morgan fingerprint density at radius 3 is 2.55 bits per heavy atom. The van der Waals surface area contributed by atoms with Crippen LogP contribution in [0.4, 0.5) is 18.9 Å². The van der Waals surface area contributed by atoms with Crippen LogP contribution in [0.1, 0.15) is 67.3 Å². The van der Waals surface area contributed by atoms with E-state index in [1.165, 1.54) is 6.07 Å². The zero-order chi connectivity index (χ0) is 22.2. The van der Waals surface area contributed by atoms with Crippen molar-refractivity contribution < 1.29 is 22.8 Å². The molecule has 2 N–H and O–H groups in total. The number of nitrogens with one attached hydrogen (secondary N) is 2. The van der Waals surface area contributed by atoms with Gasteiger partial charge in [-0.05, 0) is 55.0 Å². The Balaban J connectivity index is 1.58. The second-order valence-corrected chi connectivity index (χ2v) is 8.53. The Kier molecular flexibility index (Phi) is 5.54. The first-order valence-electron chi connectivity index (χ1n) is 10.6. The van der Waals surface area contributed by atoms with Gasteiger partial charge in [0.1, 0.15) is 0 Å². The van der Waals surface area contributed by atoms with E-state index in [9.17, 15) is 22.8 Å². The van der Waals surface area contributed by atoms with Gasteiger partial charge in [-0.15, -0.1) is 0 Å². The lowest BCUT2D eigenvalue weighted by Crippen LogP contribution is -2.43. The van der Waals surface area contributed by atoms with Gasteiger partial charge in [0.15, 0.2) is 0 Å². The molecule has 2 aromatic rings. The first-order valence-corrected chi connectivity index (χ1v) is 10.6. The van der Waals surface area contributed by atoms with Crippen LogP contribution < -0.4 is 10.6 Å². The molecule has 0 radical (unpaired) electrons. The molecule has 2 aliphatic rings. The Hall–Kier alpha value is -2.83. The molecule has 1 aliphatic heterocycles. The van der Waals surface area contributed by atoms with Gasteiger partial charge in [0.2, 0.25) is 11.8 Å². The highest BCUT2D eigenvalue weighted by Crippen LogP contribution is 2.43. The predicted molar refractivity (Wildman–Crippen MR) is 112 cm³/mol. The van der Waals surface area contributed by atoms with Gasteiger partial charge < -0.3 is 10.6 Å². The van der Waals surface area contributed by atoms with Gasteiger partial charge >= 0.3 is 6.18 Å². The third-order valence-corrected chi connectivity index (χ3v) is 6.51. The zero-order valence-corrected chi connectivity index (χ0v) is 17.3. The molecule has 1 fully saturated rings. The molecule has 164 valence electrons. The summed E-state index contributed by atoms with van der Waals surface area (Å²) in [4.78, 5) is 24.9. The number of halogens is 3. The number of alkyl halides is 3. The standard InChI is InChI=1S/C24H25F3N2O2/c1-15(16-7-9-20-17(13-16)8-10-21(30)29-20)28-22(31)23(11-2-3-12-23)18-5-4-6-19(14-18)24(25,26)27/h4-7,9,13-15H,2-3,8,10-12H2,1H3,(H,28,31)(H,29,30). The second kappa shape index (κ2) is 8.02. The van der Waals surface area contributed by atoms with Gasteiger partial charge in [0.25, 0.3) is 0 Å². The van der Waals surface area contributed by atoms with Crippen molar-refractivity contribution in [2.24, 2.45) is 0 Å². The Labute approximate surface area is 179 Å². The summed E-state index contributed by atoms with van der Waals surface area (Å²) in [6.45, 7) is 1.87. The van der Waals surface area contributed by atoms with Crippen LogP contribution in [0.15, 0.2) is 42.5 Å². The third kappa shape index (κ3) is 4.18. The number of carbonyl (C=O) groups is 2. The molecule has 4 nitrogen and oxygen atoms in total. The molecule has 1 saturated carbocycles.